The van der Waals surface area contributed by atoms with E-state index in [1.54, 1.807) is 11.6 Å². The zero-order valence-corrected chi connectivity index (χ0v) is 13.3. The van der Waals surface area contributed by atoms with Crippen LogP contribution in [0.15, 0.2) is 0 Å². The Morgan fingerprint density at radius 2 is 2.00 bits per heavy atom. The van der Waals surface area contributed by atoms with Crippen LogP contribution in [-0.2, 0) is 6.54 Å². The van der Waals surface area contributed by atoms with Gasteiger partial charge in [0, 0.05) is 12.6 Å². The number of hydrogen-bond acceptors (Lipinski definition) is 4. The van der Waals surface area contributed by atoms with Crippen molar-refractivity contribution in [1.82, 2.24) is 9.78 Å². The Morgan fingerprint density at radius 3 is 2.52 bits per heavy atom. The first-order valence-electron chi connectivity index (χ1n) is 8.05. The van der Waals surface area contributed by atoms with E-state index >= 15 is 0 Å². The summed E-state index contributed by atoms with van der Waals surface area (Å²) in [6.07, 6.45) is 7.18. The average molecular weight is 294 g/mol. The van der Waals surface area contributed by atoms with Crippen molar-refractivity contribution in [3.63, 3.8) is 0 Å². The fraction of sp³-hybridized carbons (Fsp3) is 0.800. The van der Waals surface area contributed by atoms with E-state index in [1.807, 2.05) is 6.92 Å². The van der Waals surface area contributed by atoms with E-state index in [1.165, 1.54) is 25.7 Å². The second-order valence-corrected chi connectivity index (χ2v) is 6.01. The molecule has 1 N–H and O–H groups in total. The number of aryl methyl sites for hydroxylation is 2. The van der Waals surface area contributed by atoms with Crippen molar-refractivity contribution in [3.8, 4) is 0 Å². The van der Waals surface area contributed by atoms with Crippen molar-refractivity contribution in [1.29, 1.82) is 0 Å². The Bertz CT molecular complexity index is 490. The Balaban J connectivity index is 2.08. The maximum atomic E-state index is 11.3. The van der Waals surface area contributed by atoms with Gasteiger partial charge in [-0.25, -0.2) is 4.68 Å². The first-order chi connectivity index (χ1) is 10.1. The third kappa shape index (κ3) is 3.54. The minimum Gasteiger partial charge on any atom is -0.362 e. The van der Waals surface area contributed by atoms with Crippen LogP contribution in [0.25, 0.3) is 0 Å². The first-order valence-corrected chi connectivity index (χ1v) is 8.05. The predicted molar refractivity (Wildman–Crippen MR) is 83.6 cm³/mol. The molecule has 1 aromatic heterocycles. The topological polar surface area (TPSA) is 73.0 Å². The van der Waals surface area contributed by atoms with E-state index in [9.17, 15) is 10.1 Å². The highest BCUT2D eigenvalue weighted by Crippen LogP contribution is 2.33. The Hall–Kier alpha value is -1.59. The quantitative estimate of drug-likeness (QED) is 0.638. The Morgan fingerprint density at radius 1 is 1.33 bits per heavy atom. The highest BCUT2D eigenvalue weighted by atomic mass is 16.6. The normalized spacial score (nSPS) is 22.2. The molecule has 0 amide bonds. The smallest absolute Gasteiger partial charge is 0.333 e. The lowest BCUT2D eigenvalue weighted by Gasteiger charge is -2.29. The van der Waals surface area contributed by atoms with Gasteiger partial charge in [-0.1, -0.05) is 19.8 Å². The molecular formula is C15H26N4O2. The van der Waals surface area contributed by atoms with Gasteiger partial charge >= 0.3 is 5.69 Å². The van der Waals surface area contributed by atoms with Crippen molar-refractivity contribution >= 4 is 11.5 Å². The number of anilines is 1. The van der Waals surface area contributed by atoms with Crippen molar-refractivity contribution < 1.29 is 4.92 Å². The van der Waals surface area contributed by atoms with Gasteiger partial charge < -0.3 is 5.32 Å². The number of hydrogen-bond donors (Lipinski definition) is 1. The van der Waals surface area contributed by atoms with E-state index in [2.05, 4.69) is 17.3 Å². The molecule has 0 aromatic carbocycles. The van der Waals surface area contributed by atoms with Crippen molar-refractivity contribution in [2.24, 2.45) is 5.92 Å². The minimum atomic E-state index is -0.320. The SMILES string of the molecule is CCCC1CCC(Nc2c([N+](=O)[O-])c(C)nn2CC)CC1. The lowest BCUT2D eigenvalue weighted by molar-refractivity contribution is -0.384. The Labute approximate surface area is 126 Å². The van der Waals surface area contributed by atoms with Crippen LogP contribution in [0, 0.1) is 23.0 Å². The van der Waals surface area contributed by atoms with Gasteiger partial charge in [-0.2, -0.15) is 5.10 Å². The Kier molecular flexibility index (Phi) is 5.20. The van der Waals surface area contributed by atoms with Crippen molar-refractivity contribution in [2.45, 2.75) is 71.9 Å². The standard InChI is InChI=1S/C15H26N4O2/c1-4-6-12-7-9-13(10-8-12)16-15-14(19(20)21)11(3)17-18(15)5-2/h12-13,16H,4-10H2,1-3H3. The summed E-state index contributed by atoms with van der Waals surface area (Å²) in [6.45, 7) is 6.53. The lowest BCUT2D eigenvalue weighted by atomic mass is 9.83. The number of nitro groups is 1. The number of aromatic nitrogens is 2. The van der Waals surface area contributed by atoms with Crippen LogP contribution in [0.3, 0.4) is 0 Å². The third-order valence-electron chi connectivity index (χ3n) is 4.46. The molecule has 0 saturated heterocycles. The highest BCUT2D eigenvalue weighted by molar-refractivity contribution is 5.60. The van der Waals surface area contributed by atoms with E-state index in [4.69, 9.17) is 0 Å². The minimum absolute atomic E-state index is 0.132. The van der Waals surface area contributed by atoms with Gasteiger partial charge in [-0.15, -0.1) is 0 Å². The monoisotopic (exact) mass is 294 g/mol. The van der Waals surface area contributed by atoms with Gasteiger partial charge in [0.1, 0.15) is 5.69 Å². The van der Waals surface area contributed by atoms with Crippen molar-refractivity contribution in [3.05, 3.63) is 15.8 Å². The van der Waals surface area contributed by atoms with Gasteiger partial charge in [0.2, 0.25) is 5.82 Å². The molecule has 2 rings (SSSR count). The zero-order chi connectivity index (χ0) is 15.4. The van der Waals surface area contributed by atoms with Crippen LogP contribution in [0.1, 0.15) is 58.1 Å². The summed E-state index contributed by atoms with van der Waals surface area (Å²) in [4.78, 5) is 10.9. The van der Waals surface area contributed by atoms with Gasteiger partial charge in [0.05, 0.1) is 4.92 Å². The molecule has 1 heterocycles. The second kappa shape index (κ2) is 6.91. The molecular weight excluding hydrogens is 268 g/mol. The molecule has 1 saturated carbocycles. The maximum absolute atomic E-state index is 11.3. The molecule has 6 heteroatoms. The summed E-state index contributed by atoms with van der Waals surface area (Å²) in [5.41, 5.74) is 0.622. The molecule has 0 bridgehead atoms. The summed E-state index contributed by atoms with van der Waals surface area (Å²) in [6, 6.07) is 0.332. The summed E-state index contributed by atoms with van der Waals surface area (Å²) < 4.78 is 1.71. The van der Waals surface area contributed by atoms with Gasteiger partial charge in [0.25, 0.3) is 0 Å². The second-order valence-electron chi connectivity index (χ2n) is 6.01. The van der Waals surface area contributed by atoms with E-state index in [-0.39, 0.29) is 10.6 Å². The van der Waals surface area contributed by atoms with Crippen LogP contribution >= 0.6 is 0 Å². The van der Waals surface area contributed by atoms with E-state index in [0.29, 0.717) is 24.1 Å². The molecule has 6 nitrogen and oxygen atoms in total. The molecule has 0 aliphatic heterocycles. The maximum Gasteiger partial charge on any atom is 0.333 e. The molecule has 1 aliphatic carbocycles. The van der Waals surface area contributed by atoms with Gasteiger partial charge in [-0.3, -0.25) is 10.1 Å². The molecule has 0 radical (unpaired) electrons. The molecule has 21 heavy (non-hydrogen) atoms. The summed E-state index contributed by atoms with van der Waals surface area (Å²) in [5.74, 6) is 1.42. The number of nitrogens with zero attached hydrogens (tertiary/aromatic N) is 3. The predicted octanol–water partition coefficient (Wildman–Crippen LogP) is 3.89. The molecule has 118 valence electrons. The number of rotatable bonds is 6. The van der Waals surface area contributed by atoms with Gasteiger partial charge in [-0.05, 0) is 45.4 Å². The van der Waals surface area contributed by atoms with Crippen molar-refractivity contribution in [2.75, 3.05) is 5.32 Å². The summed E-state index contributed by atoms with van der Waals surface area (Å²) in [7, 11) is 0. The van der Waals surface area contributed by atoms with Gasteiger partial charge in [0.15, 0.2) is 0 Å². The zero-order valence-electron chi connectivity index (χ0n) is 13.3. The van der Waals surface area contributed by atoms with Crippen LogP contribution in [0.2, 0.25) is 0 Å². The lowest BCUT2D eigenvalue weighted by Crippen LogP contribution is -2.27. The first kappa shape index (κ1) is 15.8. The molecule has 0 atom stereocenters. The summed E-state index contributed by atoms with van der Waals surface area (Å²) >= 11 is 0. The molecule has 1 aromatic rings. The third-order valence-corrected chi connectivity index (χ3v) is 4.46. The van der Waals surface area contributed by atoms with Crippen LogP contribution in [0.4, 0.5) is 11.5 Å². The van der Waals surface area contributed by atoms with Crippen LogP contribution in [-0.4, -0.2) is 20.7 Å². The summed E-state index contributed by atoms with van der Waals surface area (Å²) in [5, 5.41) is 18.9. The average Bonchev–Trinajstić information content (AvgIpc) is 2.77. The molecule has 1 aliphatic rings. The van der Waals surface area contributed by atoms with Crippen LogP contribution in [0.5, 0.6) is 0 Å². The number of nitrogens with one attached hydrogen (secondary N) is 1. The highest BCUT2D eigenvalue weighted by Gasteiger charge is 2.28. The van der Waals surface area contributed by atoms with E-state index < -0.39 is 0 Å². The molecule has 0 unspecified atom stereocenters. The fourth-order valence-electron chi connectivity index (χ4n) is 3.36. The van der Waals surface area contributed by atoms with Crippen LogP contribution < -0.4 is 5.32 Å². The largest absolute Gasteiger partial charge is 0.362 e. The van der Waals surface area contributed by atoms with E-state index in [0.717, 1.165) is 18.8 Å². The molecule has 1 fully saturated rings. The molecule has 0 spiro atoms. The fourth-order valence-corrected chi connectivity index (χ4v) is 3.36.